The molecule has 5 rings (SSSR count). The van der Waals surface area contributed by atoms with Crippen LogP contribution in [0, 0.1) is 25.2 Å². The first kappa shape index (κ1) is 24.1. The molecule has 1 aromatic heterocycles. The summed E-state index contributed by atoms with van der Waals surface area (Å²) >= 11 is 1.37. The van der Waals surface area contributed by atoms with Crippen LogP contribution in [0.1, 0.15) is 37.0 Å². The molecule has 184 valence electrons. The van der Waals surface area contributed by atoms with Gasteiger partial charge in [0, 0.05) is 29.1 Å². The van der Waals surface area contributed by atoms with Crippen LogP contribution in [0.3, 0.4) is 0 Å². The van der Waals surface area contributed by atoms with Gasteiger partial charge in [-0.1, -0.05) is 38.1 Å². The summed E-state index contributed by atoms with van der Waals surface area (Å²) in [6, 6.07) is 14.3. The number of hydrogen-bond donors (Lipinski definition) is 1. The summed E-state index contributed by atoms with van der Waals surface area (Å²) in [5, 5.41) is 17.1. The summed E-state index contributed by atoms with van der Waals surface area (Å²) in [6.07, 6.45) is 4.56. The average Bonchev–Trinajstić information content (AvgIpc) is 3.37. The largest absolute Gasteiger partial charge is 0.492 e. The van der Waals surface area contributed by atoms with Crippen molar-refractivity contribution in [3.05, 3.63) is 70.9 Å². The van der Waals surface area contributed by atoms with Crippen LogP contribution >= 0.6 is 11.8 Å². The Hall–Kier alpha value is -3.65. The molecule has 1 N–H and O–H groups in total. The molecule has 0 saturated heterocycles. The Balaban J connectivity index is 1.41. The van der Waals surface area contributed by atoms with Crippen molar-refractivity contribution in [2.24, 2.45) is 16.0 Å². The average molecular weight is 500 g/mol. The quantitative estimate of drug-likeness (QED) is 0.404. The first-order valence-corrected chi connectivity index (χ1v) is 12.9. The molecular formula is C28H29N5O2S. The van der Waals surface area contributed by atoms with Crippen molar-refractivity contribution in [3.8, 4) is 5.75 Å². The first-order valence-electron chi connectivity index (χ1n) is 12.1. The number of ether oxygens (including phenoxy) is 1. The van der Waals surface area contributed by atoms with Crippen molar-refractivity contribution in [1.82, 2.24) is 9.58 Å². The van der Waals surface area contributed by atoms with E-state index in [-0.39, 0.29) is 11.4 Å². The lowest BCUT2D eigenvalue weighted by atomic mass is 10.1. The van der Waals surface area contributed by atoms with Gasteiger partial charge in [-0.2, -0.15) is 15.1 Å². The zero-order valence-electron chi connectivity index (χ0n) is 20.9. The highest BCUT2D eigenvalue weighted by Gasteiger charge is 2.35. The molecule has 0 bridgehead atoms. The van der Waals surface area contributed by atoms with Crippen molar-refractivity contribution < 1.29 is 9.53 Å². The van der Waals surface area contributed by atoms with Gasteiger partial charge in [0.1, 0.15) is 17.4 Å². The summed E-state index contributed by atoms with van der Waals surface area (Å²) in [4.78, 5) is 17.1. The van der Waals surface area contributed by atoms with Gasteiger partial charge >= 0.3 is 0 Å². The van der Waals surface area contributed by atoms with Crippen molar-refractivity contribution in [2.45, 2.75) is 40.7 Å². The van der Waals surface area contributed by atoms with E-state index in [4.69, 9.17) is 10.1 Å². The molecular weight excluding hydrogens is 470 g/mol. The van der Waals surface area contributed by atoms with Crippen LogP contribution in [0.5, 0.6) is 5.75 Å². The van der Waals surface area contributed by atoms with E-state index in [0.29, 0.717) is 24.2 Å². The van der Waals surface area contributed by atoms with E-state index in [2.05, 4.69) is 54.5 Å². The third-order valence-corrected chi connectivity index (χ3v) is 6.93. The normalized spacial score (nSPS) is 16.7. The molecule has 7 nitrogen and oxygen atoms in total. The fraction of sp³-hybridized carbons (Fsp3) is 0.286. The standard InChI is InChI=1S/C28H29N5O2S/c1-17(2)11-25-31-33-26(29)23(27(34)30-28(33)36-25)15-20-16-32(24-8-6-5-7-22(20)24)9-10-35-21-13-18(3)12-19(4)14-21/h5-8,12-17,29H,9-11H2,1-4H3/b23-15-,29-26?. The molecule has 0 atom stereocenters. The fourth-order valence-corrected chi connectivity index (χ4v) is 5.57. The van der Waals surface area contributed by atoms with Crippen LogP contribution in [0.15, 0.2) is 64.3 Å². The lowest BCUT2D eigenvalue weighted by Crippen LogP contribution is -2.35. The Bertz CT molecular complexity index is 1440. The van der Waals surface area contributed by atoms with Gasteiger partial charge in [0.05, 0.1) is 12.1 Å². The van der Waals surface area contributed by atoms with Gasteiger partial charge in [0.2, 0.25) is 5.17 Å². The summed E-state index contributed by atoms with van der Waals surface area (Å²) < 4.78 is 8.16. The molecule has 8 heteroatoms. The zero-order valence-corrected chi connectivity index (χ0v) is 21.7. The highest BCUT2D eigenvalue weighted by molar-refractivity contribution is 8.26. The predicted molar refractivity (Wildman–Crippen MR) is 148 cm³/mol. The number of benzene rings is 2. The van der Waals surface area contributed by atoms with Gasteiger partial charge in [-0.3, -0.25) is 10.2 Å². The lowest BCUT2D eigenvalue weighted by Gasteiger charge is -2.20. The second kappa shape index (κ2) is 9.78. The topological polar surface area (TPSA) is 83.0 Å². The molecule has 0 fully saturated rings. The number of aryl methyl sites for hydroxylation is 2. The maximum absolute atomic E-state index is 12.9. The maximum atomic E-state index is 12.9. The molecule has 2 aromatic carbocycles. The zero-order chi connectivity index (χ0) is 25.4. The molecule has 36 heavy (non-hydrogen) atoms. The second-order valence-corrected chi connectivity index (χ2v) is 10.6. The van der Waals surface area contributed by atoms with Crippen molar-refractivity contribution in [2.75, 3.05) is 6.61 Å². The second-order valence-electron chi connectivity index (χ2n) is 9.58. The van der Waals surface area contributed by atoms with E-state index in [1.54, 1.807) is 6.08 Å². The number of thioether (sulfide) groups is 1. The number of amidine groups is 2. The molecule has 0 saturated carbocycles. The Labute approximate surface area is 215 Å². The number of amides is 1. The minimum absolute atomic E-state index is 0.0613. The predicted octanol–water partition coefficient (Wildman–Crippen LogP) is 6.00. The Kier molecular flexibility index (Phi) is 6.53. The Morgan fingerprint density at radius 3 is 2.64 bits per heavy atom. The van der Waals surface area contributed by atoms with Gasteiger partial charge in [-0.05, 0) is 66.9 Å². The molecule has 0 radical (unpaired) electrons. The van der Waals surface area contributed by atoms with E-state index < -0.39 is 5.91 Å². The summed E-state index contributed by atoms with van der Waals surface area (Å²) in [6.45, 7) is 9.52. The third kappa shape index (κ3) is 4.86. The number of fused-ring (bicyclic) bond motifs is 2. The fourth-order valence-electron chi connectivity index (χ4n) is 4.47. The number of nitrogens with one attached hydrogen (secondary N) is 1. The number of hydrogen-bond acceptors (Lipinski definition) is 5. The van der Waals surface area contributed by atoms with Crippen LogP contribution in [-0.4, -0.2) is 38.1 Å². The van der Waals surface area contributed by atoms with Crippen LogP contribution in [0.25, 0.3) is 17.0 Å². The monoisotopic (exact) mass is 499 g/mol. The maximum Gasteiger partial charge on any atom is 0.283 e. The summed E-state index contributed by atoms with van der Waals surface area (Å²) in [5.74, 6) is 0.950. The smallest absolute Gasteiger partial charge is 0.283 e. The minimum Gasteiger partial charge on any atom is -0.492 e. The van der Waals surface area contributed by atoms with Crippen molar-refractivity contribution in [1.29, 1.82) is 5.41 Å². The van der Waals surface area contributed by atoms with Gasteiger partial charge in [-0.25, -0.2) is 0 Å². The van der Waals surface area contributed by atoms with Gasteiger partial charge in [0.25, 0.3) is 5.91 Å². The van der Waals surface area contributed by atoms with Gasteiger partial charge in [-0.15, -0.1) is 0 Å². The SMILES string of the molecule is Cc1cc(C)cc(OCCn2cc(/C=C3/C(=N)N4N=C(CC(C)C)SC4=NC3=O)c3ccccc32)c1. The van der Waals surface area contributed by atoms with E-state index >= 15 is 0 Å². The van der Waals surface area contributed by atoms with Crippen molar-refractivity contribution >= 4 is 50.7 Å². The van der Waals surface area contributed by atoms with Crippen LogP contribution in [0.4, 0.5) is 0 Å². The molecule has 0 unspecified atom stereocenters. The highest BCUT2D eigenvalue weighted by atomic mass is 32.2. The third-order valence-electron chi connectivity index (χ3n) is 5.99. The number of nitrogens with zero attached hydrogens (tertiary/aromatic N) is 4. The van der Waals surface area contributed by atoms with E-state index in [1.807, 2.05) is 36.5 Å². The molecule has 2 aliphatic rings. The van der Waals surface area contributed by atoms with Crippen LogP contribution < -0.4 is 4.74 Å². The molecule has 0 aliphatic carbocycles. The van der Waals surface area contributed by atoms with Crippen molar-refractivity contribution in [3.63, 3.8) is 0 Å². The highest BCUT2D eigenvalue weighted by Crippen LogP contribution is 2.32. The van der Waals surface area contributed by atoms with E-state index in [0.717, 1.165) is 33.7 Å². The first-order chi connectivity index (χ1) is 17.3. The van der Waals surface area contributed by atoms with E-state index in [9.17, 15) is 4.79 Å². The summed E-state index contributed by atoms with van der Waals surface area (Å²) in [7, 11) is 0. The number of hydrazone groups is 1. The molecule has 3 aromatic rings. The number of carbonyl (C=O) groups excluding carboxylic acids is 1. The number of carbonyl (C=O) groups is 1. The lowest BCUT2D eigenvalue weighted by molar-refractivity contribution is -0.114. The Morgan fingerprint density at radius 2 is 1.89 bits per heavy atom. The number of aliphatic imine (C=N–C) groups is 1. The molecule has 2 aliphatic heterocycles. The number of para-hydroxylation sites is 1. The van der Waals surface area contributed by atoms with E-state index in [1.165, 1.54) is 27.9 Å². The minimum atomic E-state index is -0.408. The molecule has 1 amide bonds. The summed E-state index contributed by atoms with van der Waals surface area (Å²) in [5.41, 5.74) is 4.49. The molecule has 0 spiro atoms. The van der Waals surface area contributed by atoms with Crippen LogP contribution in [-0.2, 0) is 11.3 Å². The number of rotatable bonds is 7. The van der Waals surface area contributed by atoms with Gasteiger partial charge < -0.3 is 9.30 Å². The van der Waals surface area contributed by atoms with Gasteiger partial charge in [0.15, 0.2) is 5.84 Å². The molecule has 3 heterocycles. The number of aromatic nitrogens is 1. The van der Waals surface area contributed by atoms with Crippen LogP contribution in [0.2, 0.25) is 0 Å². The Morgan fingerprint density at radius 1 is 1.14 bits per heavy atom.